The van der Waals surface area contributed by atoms with Crippen LogP contribution in [0.5, 0.6) is 11.5 Å². The quantitative estimate of drug-likeness (QED) is 0.604. The number of amidine groups is 1. The van der Waals surface area contributed by atoms with E-state index in [9.17, 15) is 4.79 Å². The van der Waals surface area contributed by atoms with E-state index in [2.05, 4.69) is 4.90 Å². The number of fused-ring (bicyclic) bond motifs is 2. The second-order valence-corrected chi connectivity index (χ2v) is 8.54. The molecule has 0 unspecified atom stereocenters. The lowest BCUT2D eigenvalue weighted by Gasteiger charge is -2.37. The third kappa shape index (κ3) is 4.32. The number of ether oxygens (including phenoxy) is 2. The fraction of sp³-hybridized carbons (Fsp3) is 0.364. The Balaban J connectivity index is 1.60. The van der Waals surface area contributed by atoms with Gasteiger partial charge in [0.05, 0.1) is 5.56 Å². The number of para-hydroxylation sites is 2. The zero-order valence-electron chi connectivity index (χ0n) is 16.8. The first kappa shape index (κ1) is 19.6. The largest absolute Gasteiger partial charge is 0.454 e. The maximum atomic E-state index is 12.4. The van der Waals surface area contributed by atoms with Crippen molar-refractivity contribution in [2.24, 2.45) is 4.99 Å². The van der Waals surface area contributed by atoms with Gasteiger partial charge >= 0.3 is 6.09 Å². The van der Waals surface area contributed by atoms with Crippen LogP contribution in [0.1, 0.15) is 26.3 Å². The first-order chi connectivity index (χ1) is 13.8. The molecule has 0 spiro atoms. The molecule has 2 aliphatic heterocycles. The van der Waals surface area contributed by atoms with Gasteiger partial charge < -0.3 is 19.3 Å². The molecule has 4 rings (SSSR count). The highest BCUT2D eigenvalue weighted by Crippen LogP contribution is 2.38. The summed E-state index contributed by atoms with van der Waals surface area (Å²) in [6.45, 7) is 8.04. The molecule has 0 bridgehead atoms. The number of benzene rings is 2. The van der Waals surface area contributed by atoms with Crippen LogP contribution in [-0.2, 0) is 4.74 Å². The molecule has 0 aromatic heterocycles. The third-order valence-corrected chi connectivity index (χ3v) is 4.96. The molecule has 2 aliphatic rings. The van der Waals surface area contributed by atoms with Gasteiger partial charge in [0.2, 0.25) is 0 Å². The summed E-state index contributed by atoms with van der Waals surface area (Å²) in [7, 11) is 0. The van der Waals surface area contributed by atoms with Gasteiger partial charge in [0.25, 0.3) is 0 Å². The number of rotatable bonds is 0. The van der Waals surface area contributed by atoms with E-state index in [4.69, 9.17) is 26.1 Å². The number of carbonyl (C=O) groups excluding carboxylic acids is 1. The number of hydrogen-bond acceptors (Lipinski definition) is 5. The first-order valence-electron chi connectivity index (χ1n) is 9.68. The monoisotopic (exact) mass is 413 g/mol. The summed E-state index contributed by atoms with van der Waals surface area (Å²) in [5.41, 5.74) is 1.11. The molecule has 2 aromatic rings. The number of nitrogens with zero attached hydrogens (tertiary/aromatic N) is 3. The Kier molecular flexibility index (Phi) is 5.13. The zero-order valence-corrected chi connectivity index (χ0v) is 17.6. The van der Waals surface area contributed by atoms with Gasteiger partial charge in [-0.15, -0.1) is 0 Å². The van der Waals surface area contributed by atoms with Crippen molar-refractivity contribution in [2.45, 2.75) is 26.4 Å². The average molecular weight is 414 g/mol. The van der Waals surface area contributed by atoms with E-state index in [1.165, 1.54) is 0 Å². The fourth-order valence-corrected chi connectivity index (χ4v) is 3.54. The SMILES string of the molecule is CC(C)(C)OC(=O)N1CCN(C2=Nc3ccccc3Oc3ccc(Cl)cc32)CC1. The van der Waals surface area contributed by atoms with Crippen molar-refractivity contribution in [1.29, 1.82) is 0 Å². The number of carbonyl (C=O) groups is 1. The maximum Gasteiger partial charge on any atom is 0.410 e. The summed E-state index contributed by atoms with van der Waals surface area (Å²) < 4.78 is 11.6. The van der Waals surface area contributed by atoms with Crippen LogP contribution >= 0.6 is 11.6 Å². The smallest absolute Gasteiger partial charge is 0.410 e. The molecule has 2 aromatic carbocycles. The van der Waals surface area contributed by atoms with E-state index in [1.807, 2.05) is 63.2 Å². The van der Waals surface area contributed by atoms with Crippen LogP contribution in [0.4, 0.5) is 10.5 Å². The molecular formula is C22H24ClN3O3. The van der Waals surface area contributed by atoms with Gasteiger partial charge in [0.15, 0.2) is 5.75 Å². The molecule has 29 heavy (non-hydrogen) atoms. The molecule has 0 radical (unpaired) electrons. The van der Waals surface area contributed by atoms with Crippen molar-refractivity contribution in [3.05, 3.63) is 53.1 Å². The lowest BCUT2D eigenvalue weighted by atomic mass is 10.1. The predicted octanol–water partition coefficient (Wildman–Crippen LogP) is 5.08. The van der Waals surface area contributed by atoms with Gasteiger partial charge in [-0.1, -0.05) is 23.7 Å². The van der Waals surface area contributed by atoms with E-state index in [0.717, 1.165) is 17.1 Å². The zero-order chi connectivity index (χ0) is 20.6. The Morgan fingerprint density at radius 3 is 2.52 bits per heavy atom. The Morgan fingerprint density at radius 1 is 1.07 bits per heavy atom. The number of aliphatic imine (C=N–C) groups is 1. The number of piperazine rings is 1. The van der Waals surface area contributed by atoms with Crippen molar-refractivity contribution in [3.63, 3.8) is 0 Å². The van der Waals surface area contributed by atoms with Crippen molar-refractivity contribution in [3.8, 4) is 11.5 Å². The summed E-state index contributed by atoms with van der Waals surface area (Å²) in [6.07, 6.45) is -0.280. The maximum absolute atomic E-state index is 12.4. The van der Waals surface area contributed by atoms with Crippen molar-refractivity contribution in [1.82, 2.24) is 9.80 Å². The highest BCUT2D eigenvalue weighted by Gasteiger charge is 2.29. The lowest BCUT2D eigenvalue weighted by Crippen LogP contribution is -2.51. The van der Waals surface area contributed by atoms with Crippen molar-refractivity contribution >= 4 is 29.2 Å². The molecule has 0 saturated carbocycles. The van der Waals surface area contributed by atoms with Crippen LogP contribution in [-0.4, -0.2) is 53.5 Å². The minimum Gasteiger partial charge on any atom is -0.454 e. The number of halogens is 1. The molecule has 1 amide bonds. The van der Waals surface area contributed by atoms with Gasteiger partial charge in [-0.2, -0.15) is 0 Å². The van der Waals surface area contributed by atoms with E-state index >= 15 is 0 Å². The van der Waals surface area contributed by atoms with Gasteiger partial charge in [-0.25, -0.2) is 9.79 Å². The minimum atomic E-state index is -0.504. The topological polar surface area (TPSA) is 54.4 Å². The normalized spacial score (nSPS) is 16.2. The van der Waals surface area contributed by atoms with Crippen LogP contribution in [0.25, 0.3) is 0 Å². The second-order valence-electron chi connectivity index (χ2n) is 8.10. The molecule has 6 nitrogen and oxygen atoms in total. The van der Waals surface area contributed by atoms with E-state index in [1.54, 1.807) is 4.90 Å². The molecule has 1 fully saturated rings. The van der Waals surface area contributed by atoms with Crippen molar-refractivity contribution < 1.29 is 14.3 Å². The molecular weight excluding hydrogens is 390 g/mol. The van der Waals surface area contributed by atoms with Crippen LogP contribution in [0, 0.1) is 0 Å². The van der Waals surface area contributed by atoms with E-state index in [-0.39, 0.29) is 6.09 Å². The summed E-state index contributed by atoms with van der Waals surface area (Å²) in [6, 6.07) is 13.3. The summed E-state index contributed by atoms with van der Waals surface area (Å²) in [4.78, 5) is 21.2. The minimum absolute atomic E-state index is 0.280. The molecule has 0 aliphatic carbocycles. The highest BCUT2D eigenvalue weighted by molar-refractivity contribution is 6.31. The van der Waals surface area contributed by atoms with Gasteiger partial charge in [-0.3, -0.25) is 0 Å². The predicted molar refractivity (Wildman–Crippen MR) is 114 cm³/mol. The second kappa shape index (κ2) is 7.59. The van der Waals surface area contributed by atoms with Crippen LogP contribution < -0.4 is 4.74 Å². The van der Waals surface area contributed by atoms with Gasteiger partial charge in [0.1, 0.15) is 22.9 Å². The summed E-state index contributed by atoms with van der Waals surface area (Å²) in [5, 5.41) is 0.624. The van der Waals surface area contributed by atoms with E-state index < -0.39 is 5.60 Å². The van der Waals surface area contributed by atoms with Crippen molar-refractivity contribution in [2.75, 3.05) is 26.2 Å². The van der Waals surface area contributed by atoms with E-state index in [0.29, 0.717) is 42.7 Å². The molecule has 0 N–H and O–H groups in total. The Labute approximate surface area is 175 Å². The Morgan fingerprint density at radius 2 is 1.79 bits per heavy atom. The molecule has 1 saturated heterocycles. The van der Waals surface area contributed by atoms with Gasteiger partial charge in [-0.05, 0) is 51.1 Å². The molecule has 2 heterocycles. The van der Waals surface area contributed by atoms with Gasteiger partial charge in [0, 0.05) is 31.2 Å². The molecule has 152 valence electrons. The highest BCUT2D eigenvalue weighted by atomic mass is 35.5. The fourth-order valence-electron chi connectivity index (χ4n) is 3.36. The number of amides is 1. The summed E-state index contributed by atoms with van der Waals surface area (Å²) in [5.74, 6) is 2.22. The first-order valence-corrected chi connectivity index (χ1v) is 10.1. The number of hydrogen-bond donors (Lipinski definition) is 0. The Bertz CT molecular complexity index is 960. The molecule has 0 atom stereocenters. The summed E-state index contributed by atoms with van der Waals surface area (Å²) >= 11 is 6.27. The van der Waals surface area contributed by atoms with Crippen LogP contribution in [0.15, 0.2) is 47.5 Å². The standard InChI is InChI=1S/C22H24ClN3O3/c1-22(2,3)29-21(27)26-12-10-25(11-13-26)20-16-14-15(23)8-9-18(16)28-19-7-5-4-6-17(19)24-20/h4-9,14H,10-13H2,1-3H3. The van der Waals surface area contributed by atoms with Crippen LogP contribution in [0.3, 0.4) is 0 Å². The van der Waals surface area contributed by atoms with Crippen LogP contribution in [0.2, 0.25) is 5.02 Å². The average Bonchev–Trinajstić information content (AvgIpc) is 2.83. The molecule has 7 heteroatoms. The lowest BCUT2D eigenvalue weighted by molar-refractivity contribution is 0.0187. The Hall–Kier alpha value is -2.73. The third-order valence-electron chi connectivity index (χ3n) is 4.72.